The predicted octanol–water partition coefficient (Wildman–Crippen LogP) is 5.36. The summed E-state index contributed by atoms with van der Waals surface area (Å²) in [5.74, 6) is 0.817. The van der Waals surface area contributed by atoms with Gasteiger partial charge in [0.2, 0.25) is 8.32 Å². The first-order valence-corrected chi connectivity index (χ1v) is 11.8. The number of nitrogens with zero attached hydrogens (tertiary/aromatic N) is 1. The zero-order valence-corrected chi connectivity index (χ0v) is 16.6. The maximum Gasteiger partial charge on any atom is 0.250 e. The van der Waals surface area contributed by atoms with Gasteiger partial charge >= 0.3 is 0 Å². The second kappa shape index (κ2) is 6.75. The fourth-order valence-corrected chi connectivity index (χ4v) is 3.84. The third-order valence-electron chi connectivity index (χ3n) is 4.69. The van der Waals surface area contributed by atoms with Gasteiger partial charge in [-0.05, 0) is 35.8 Å². The molecule has 1 heterocycles. The van der Waals surface area contributed by atoms with Gasteiger partial charge in [0.25, 0.3) is 0 Å². The van der Waals surface area contributed by atoms with Crippen LogP contribution in [0.5, 0.6) is 5.75 Å². The topological polar surface area (TPSA) is 42.4 Å². The molecule has 3 nitrogen and oxygen atoms in total. The molecule has 0 saturated carbocycles. The average molecular weight is 350 g/mol. The van der Waals surface area contributed by atoms with Gasteiger partial charge in [-0.25, -0.2) is 4.98 Å². The molecule has 0 amide bonds. The zero-order valence-electron chi connectivity index (χ0n) is 14.8. The van der Waals surface area contributed by atoms with Crippen molar-refractivity contribution in [3.05, 3.63) is 46.4 Å². The number of rotatable bonds is 5. The van der Waals surface area contributed by atoms with Crippen LogP contribution >= 0.6 is 11.3 Å². The molecule has 2 aromatic rings. The lowest BCUT2D eigenvalue weighted by atomic mass is 9.98. The maximum atomic E-state index is 10.7. The summed E-state index contributed by atoms with van der Waals surface area (Å²) in [5, 5.41) is 13.7. The summed E-state index contributed by atoms with van der Waals surface area (Å²) in [5.41, 5.74) is 0.879. The van der Waals surface area contributed by atoms with E-state index < -0.39 is 14.4 Å². The summed E-state index contributed by atoms with van der Waals surface area (Å²) in [6.07, 6.45) is 1.20. The quantitative estimate of drug-likeness (QED) is 0.738. The van der Waals surface area contributed by atoms with Gasteiger partial charge in [-0.1, -0.05) is 39.8 Å². The van der Waals surface area contributed by atoms with Gasteiger partial charge in [-0.2, -0.15) is 0 Å². The van der Waals surface area contributed by atoms with Crippen molar-refractivity contribution in [1.29, 1.82) is 0 Å². The van der Waals surface area contributed by atoms with Gasteiger partial charge in [-0.3, -0.25) is 0 Å². The van der Waals surface area contributed by atoms with Crippen LogP contribution in [0.1, 0.15) is 50.3 Å². The largest absolute Gasteiger partial charge is 0.543 e. The summed E-state index contributed by atoms with van der Waals surface area (Å²) in [4.78, 5) is 4.31. The predicted molar refractivity (Wildman–Crippen MR) is 99.8 cm³/mol. The molecule has 5 heteroatoms. The van der Waals surface area contributed by atoms with Crippen molar-refractivity contribution in [3.63, 3.8) is 0 Å². The number of thiazole rings is 1. The third kappa shape index (κ3) is 4.22. The van der Waals surface area contributed by atoms with E-state index in [0.717, 1.165) is 16.3 Å². The number of hydrogen-bond donors (Lipinski definition) is 1. The van der Waals surface area contributed by atoms with E-state index in [9.17, 15) is 5.11 Å². The van der Waals surface area contributed by atoms with Crippen LogP contribution in [-0.2, 0) is 0 Å². The number of aromatic nitrogens is 1. The molecule has 126 valence electrons. The van der Waals surface area contributed by atoms with Gasteiger partial charge < -0.3 is 9.53 Å². The van der Waals surface area contributed by atoms with Crippen molar-refractivity contribution in [2.24, 2.45) is 0 Å². The summed E-state index contributed by atoms with van der Waals surface area (Å²) in [7, 11) is -1.88. The minimum absolute atomic E-state index is 0.0295. The molecule has 23 heavy (non-hydrogen) atoms. The van der Waals surface area contributed by atoms with Crippen LogP contribution in [0.15, 0.2) is 35.8 Å². The first-order valence-electron chi connectivity index (χ1n) is 7.98. The fourth-order valence-electron chi connectivity index (χ4n) is 2.09. The second-order valence-electron chi connectivity index (χ2n) is 7.54. The van der Waals surface area contributed by atoms with E-state index in [4.69, 9.17) is 4.43 Å². The molecule has 0 aliphatic heterocycles. The lowest BCUT2D eigenvalue weighted by Crippen LogP contribution is -2.43. The molecule has 1 N–H and O–H groups in total. The van der Waals surface area contributed by atoms with Crippen molar-refractivity contribution < 1.29 is 9.53 Å². The smallest absolute Gasteiger partial charge is 0.250 e. The van der Waals surface area contributed by atoms with Gasteiger partial charge in [0.05, 0.1) is 11.1 Å². The number of aliphatic hydroxyl groups excluding tert-OH is 1. The van der Waals surface area contributed by atoms with Crippen LogP contribution in [0.2, 0.25) is 18.1 Å². The SMILES string of the molecule is CC(c1nccs1)C(O)c1cccc(O[Si](C)(C)C(C)(C)C)c1. The van der Waals surface area contributed by atoms with E-state index in [1.807, 2.05) is 36.6 Å². The van der Waals surface area contributed by atoms with Crippen molar-refractivity contribution >= 4 is 19.7 Å². The minimum Gasteiger partial charge on any atom is -0.543 e. The molecule has 1 aromatic heterocycles. The normalized spacial score (nSPS) is 15.3. The van der Waals surface area contributed by atoms with E-state index in [-0.39, 0.29) is 11.0 Å². The number of benzene rings is 1. The molecule has 1 aromatic carbocycles. The van der Waals surface area contributed by atoms with Crippen LogP contribution < -0.4 is 4.43 Å². The summed E-state index contributed by atoms with van der Waals surface area (Å²) in [6.45, 7) is 13.1. The van der Waals surface area contributed by atoms with Crippen molar-refractivity contribution in [3.8, 4) is 5.75 Å². The third-order valence-corrected chi connectivity index (χ3v) is 10.0. The Labute approximate surface area is 144 Å². The van der Waals surface area contributed by atoms with Gasteiger partial charge in [0.1, 0.15) is 5.75 Å². The molecule has 0 aliphatic rings. The van der Waals surface area contributed by atoms with Crippen LogP contribution in [-0.4, -0.2) is 18.4 Å². The van der Waals surface area contributed by atoms with Crippen LogP contribution in [0.4, 0.5) is 0 Å². The summed E-state index contributed by atoms with van der Waals surface area (Å²) < 4.78 is 6.34. The fraction of sp³-hybridized carbons (Fsp3) is 0.500. The Morgan fingerprint density at radius 3 is 2.52 bits per heavy atom. The van der Waals surface area contributed by atoms with Gasteiger partial charge in [-0.15, -0.1) is 11.3 Å². The molecule has 0 radical (unpaired) electrons. The Morgan fingerprint density at radius 1 is 1.26 bits per heavy atom. The van der Waals surface area contributed by atoms with E-state index in [0.29, 0.717) is 0 Å². The monoisotopic (exact) mass is 349 g/mol. The van der Waals surface area contributed by atoms with Gasteiger partial charge in [0, 0.05) is 17.5 Å². The highest BCUT2D eigenvalue weighted by atomic mass is 32.1. The first kappa shape index (κ1) is 18.2. The van der Waals surface area contributed by atoms with E-state index >= 15 is 0 Å². The zero-order chi connectivity index (χ0) is 17.3. The van der Waals surface area contributed by atoms with Crippen molar-refractivity contribution in [1.82, 2.24) is 4.98 Å². The van der Waals surface area contributed by atoms with Crippen LogP contribution in [0.3, 0.4) is 0 Å². The molecule has 2 atom stereocenters. The maximum absolute atomic E-state index is 10.7. The molecule has 0 bridgehead atoms. The number of aliphatic hydroxyl groups is 1. The molecular formula is C18H27NO2SSi. The Hall–Kier alpha value is -1.17. The standard InChI is InChI=1S/C18H27NO2SSi/c1-13(17-19-10-11-22-17)16(20)14-8-7-9-15(12-14)21-23(5,6)18(2,3)4/h7-13,16,20H,1-6H3. The highest BCUT2D eigenvalue weighted by Crippen LogP contribution is 2.38. The molecule has 2 rings (SSSR count). The molecule has 2 unspecified atom stereocenters. The summed E-state index contributed by atoms with van der Waals surface area (Å²) >= 11 is 1.58. The van der Waals surface area contributed by atoms with Crippen molar-refractivity contribution in [2.45, 2.75) is 57.8 Å². The first-order chi connectivity index (χ1) is 10.6. The highest BCUT2D eigenvalue weighted by molar-refractivity contribution is 7.09. The lowest BCUT2D eigenvalue weighted by Gasteiger charge is -2.36. The van der Waals surface area contributed by atoms with Gasteiger partial charge in [0.15, 0.2) is 0 Å². The van der Waals surface area contributed by atoms with Crippen LogP contribution in [0, 0.1) is 0 Å². The summed E-state index contributed by atoms with van der Waals surface area (Å²) in [6, 6.07) is 7.85. The Kier molecular flexibility index (Phi) is 5.33. The Balaban J connectivity index is 2.20. The average Bonchev–Trinajstić information content (AvgIpc) is 2.98. The van der Waals surface area contributed by atoms with Crippen LogP contribution in [0.25, 0.3) is 0 Å². The molecule has 0 saturated heterocycles. The lowest BCUT2D eigenvalue weighted by molar-refractivity contribution is 0.151. The molecule has 0 spiro atoms. The Bertz CT molecular complexity index is 635. The van der Waals surface area contributed by atoms with Crippen molar-refractivity contribution in [2.75, 3.05) is 0 Å². The van der Waals surface area contributed by atoms with E-state index in [1.165, 1.54) is 0 Å². The number of hydrogen-bond acceptors (Lipinski definition) is 4. The second-order valence-corrected chi connectivity index (χ2v) is 13.2. The van der Waals surface area contributed by atoms with E-state index in [2.05, 4.69) is 38.8 Å². The van der Waals surface area contributed by atoms with E-state index in [1.54, 1.807) is 17.5 Å². The highest BCUT2D eigenvalue weighted by Gasteiger charge is 2.39. The molecule has 0 fully saturated rings. The Morgan fingerprint density at radius 2 is 1.96 bits per heavy atom. The molecule has 0 aliphatic carbocycles. The minimum atomic E-state index is -1.88. The molecular weight excluding hydrogens is 322 g/mol.